The van der Waals surface area contributed by atoms with Gasteiger partial charge in [-0.25, -0.2) is 0 Å². The van der Waals surface area contributed by atoms with E-state index in [0.29, 0.717) is 5.65 Å². The fraction of sp³-hybridized carbons (Fsp3) is 0.118. The second-order valence-electron chi connectivity index (χ2n) is 5.49. The summed E-state index contributed by atoms with van der Waals surface area (Å²) >= 11 is 1.61. The number of phenolic OH excluding ortho intramolecular Hbond substituents is 1. The minimum absolute atomic E-state index is 0.00290. The Morgan fingerprint density at radius 2 is 2.08 bits per heavy atom. The normalized spacial score (nSPS) is 12.4. The number of phenols is 1. The van der Waals surface area contributed by atoms with Gasteiger partial charge in [-0.05, 0) is 48.2 Å². The van der Waals surface area contributed by atoms with E-state index in [1.807, 2.05) is 48.0 Å². The second-order valence-corrected chi connectivity index (χ2v) is 6.27. The maximum atomic E-state index is 9.62. The van der Waals surface area contributed by atoms with Crippen LogP contribution < -0.4 is 5.32 Å². The lowest BCUT2D eigenvalue weighted by atomic mass is 10.1. The van der Waals surface area contributed by atoms with Crippen molar-refractivity contribution in [1.29, 1.82) is 0 Å². The lowest BCUT2D eigenvalue weighted by molar-refractivity contribution is 0.474. The Labute approximate surface area is 142 Å². The molecule has 120 valence electrons. The molecule has 1 unspecified atom stereocenters. The number of fused-ring (bicyclic) bond motifs is 1. The van der Waals surface area contributed by atoms with Crippen LogP contribution in [0.5, 0.6) is 5.75 Å². The van der Waals surface area contributed by atoms with Crippen LogP contribution >= 0.6 is 11.3 Å². The van der Waals surface area contributed by atoms with E-state index in [1.54, 1.807) is 28.0 Å². The molecule has 4 rings (SSSR count). The first-order valence-corrected chi connectivity index (χ1v) is 8.45. The van der Waals surface area contributed by atoms with Gasteiger partial charge in [-0.3, -0.25) is 0 Å². The van der Waals surface area contributed by atoms with Gasteiger partial charge in [0.15, 0.2) is 11.5 Å². The van der Waals surface area contributed by atoms with Crippen LogP contribution in [0, 0.1) is 0 Å². The first-order chi connectivity index (χ1) is 11.7. The van der Waals surface area contributed by atoms with Crippen molar-refractivity contribution in [2.75, 3.05) is 5.32 Å². The largest absolute Gasteiger partial charge is 0.508 e. The Bertz CT molecular complexity index is 980. The lowest BCUT2D eigenvalue weighted by Gasteiger charge is -2.15. The molecular formula is C17H15N5OS. The average Bonchev–Trinajstić information content (AvgIpc) is 3.23. The molecule has 0 radical (unpaired) electrons. The number of hydrogen-bond donors (Lipinski definition) is 2. The van der Waals surface area contributed by atoms with Crippen LogP contribution in [-0.2, 0) is 0 Å². The molecule has 3 aromatic heterocycles. The van der Waals surface area contributed by atoms with Gasteiger partial charge < -0.3 is 10.4 Å². The molecule has 24 heavy (non-hydrogen) atoms. The summed E-state index contributed by atoms with van der Waals surface area (Å²) in [6.45, 7) is 2.02. The van der Waals surface area contributed by atoms with Crippen LogP contribution in [0.4, 0.5) is 5.82 Å². The smallest absolute Gasteiger partial charge is 0.186 e. The van der Waals surface area contributed by atoms with Crippen LogP contribution in [-0.4, -0.2) is 24.9 Å². The number of aromatic nitrogens is 4. The average molecular weight is 337 g/mol. The van der Waals surface area contributed by atoms with Crippen molar-refractivity contribution >= 4 is 22.8 Å². The molecule has 0 fully saturated rings. The van der Waals surface area contributed by atoms with Gasteiger partial charge in [0.1, 0.15) is 11.6 Å². The molecule has 0 spiro atoms. The molecule has 0 saturated carbocycles. The quantitative estimate of drug-likeness (QED) is 0.593. The number of aromatic hydroxyl groups is 1. The molecule has 0 saturated heterocycles. The van der Waals surface area contributed by atoms with Crippen molar-refractivity contribution < 1.29 is 5.11 Å². The van der Waals surface area contributed by atoms with Crippen LogP contribution in [0.2, 0.25) is 0 Å². The van der Waals surface area contributed by atoms with E-state index >= 15 is 0 Å². The zero-order valence-corrected chi connectivity index (χ0v) is 13.7. The summed E-state index contributed by atoms with van der Waals surface area (Å²) in [5, 5.41) is 30.0. The molecule has 0 aliphatic carbocycles. The van der Waals surface area contributed by atoms with Gasteiger partial charge in [-0.2, -0.15) is 15.9 Å². The summed E-state index contributed by atoms with van der Waals surface area (Å²) in [6.07, 6.45) is 0. The summed E-state index contributed by atoms with van der Waals surface area (Å²) in [6, 6.07) is 12.9. The molecule has 0 bridgehead atoms. The first kappa shape index (κ1) is 14.6. The maximum absolute atomic E-state index is 9.62. The van der Waals surface area contributed by atoms with Crippen LogP contribution in [0.1, 0.15) is 18.5 Å². The fourth-order valence-corrected chi connectivity index (χ4v) is 3.17. The minimum atomic E-state index is 0.00290. The van der Waals surface area contributed by atoms with E-state index in [2.05, 4.69) is 20.6 Å². The third-order valence-electron chi connectivity index (χ3n) is 3.78. The predicted molar refractivity (Wildman–Crippen MR) is 94.2 cm³/mol. The molecule has 3 heterocycles. The molecule has 1 atom stereocenters. The number of thiophene rings is 1. The van der Waals surface area contributed by atoms with Gasteiger partial charge in [0.2, 0.25) is 0 Å². The summed E-state index contributed by atoms with van der Waals surface area (Å²) in [5.74, 6) is 1.69. The lowest BCUT2D eigenvalue weighted by Crippen LogP contribution is -2.09. The van der Waals surface area contributed by atoms with E-state index in [-0.39, 0.29) is 11.8 Å². The minimum Gasteiger partial charge on any atom is -0.508 e. The van der Waals surface area contributed by atoms with Gasteiger partial charge >= 0.3 is 0 Å². The third kappa shape index (κ3) is 2.69. The fourth-order valence-electron chi connectivity index (χ4n) is 2.54. The van der Waals surface area contributed by atoms with Gasteiger partial charge in [-0.1, -0.05) is 12.1 Å². The highest BCUT2D eigenvalue weighted by Crippen LogP contribution is 2.23. The maximum Gasteiger partial charge on any atom is 0.186 e. The molecule has 0 aliphatic heterocycles. The Morgan fingerprint density at radius 3 is 2.88 bits per heavy atom. The first-order valence-electron chi connectivity index (χ1n) is 7.51. The Morgan fingerprint density at radius 1 is 1.17 bits per heavy atom. The molecule has 0 aliphatic rings. The summed E-state index contributed by atoms with van der Waals surface area (Å²) in [5.41, 5.74) is 2.68. The monoisotopic (exact) mass is 337 g/mol. The SMILES string of the molecule is CC(Nc1ccc2nnc(-c3ccsc3)n2n1)c1cccc(O)c1. The Hall–Kier alpha value is -2.93. The molecule has 4 aromatic rings. The van der Waals surface area contributed by atoms with Gasteiger partial charge in [0.05, 0.1) is 6.04 Å². The molecule has 6 nitrogen and oxygen atoms in total. The van der Waals surface area contributed by atoms with Crippen LogP contribution in [0.25, 0.3) is 17.0 Å². The number of nitrogens with one attached hydrogen (secondary N) is 1. The highest BCUT2D eigenvalue weighted by molar-refractivity contribution is 7.08. The Kier molecular flexibility index (Phi) is 3.62. The van der Waals surface area contributed by atoms with E-state index < -0.39 is 0 Å². The number of anilines is 1. The Balaban J connectivity index is 1.66. The van der Waals surface area contributed by atoms with Crippen molar-refractivity contribution in [2.45, 2.75) is 13.0 Å². The van der Waals surface area contributed by atoms with E-state index in [9.17, 15) is 5.11 Å². The van der Waals surface area contributed by atoms with Crippen molar-refractivity contribution in [3.8, 4) is 17.1 Å². The van der Waals surface area contributed by atoms with Gasteiger partial charge in [0.25, 0.3) is 0 Å². The van der Waals surface area contributed by atoms with E-state index in [4.69, 9.17) is 0 Å². The highest BCUT2D eigenvalue weighted by atomic mass is 32.1. The molecule has 2 N–H and O–H groups in total. The van der Waals surface area contributed by atoms with Crippen LogP contribution in [0.15, 0.2) is 53.2 Å². The zero-order valence-electron chi connectivity index (χ0n) is 12.9. The molecule has 7 heteroatoms. The second kappa shape index (κ2) is 5.93. The highest BCUT2D eigenvalue weighted by Gasteiger charge is 2.12. The summed E-state index contributed by atoms with van der Waals surface area (Å²) in [4.78, 5) is 0. The van der Waals surface area contributed by atoms with E-state index in [0.717, 1.165) is 22.8 Å². The topological polar surface area (TPSA) is 75.3 Å². The number of nitrogens with zero attached hydrogens (tertiary/aromatic N) is 4. The molecule has 0 amide bonds. The van der Waals surface area contributed by atoms with Crippen molar-refractivity contribution in [3.63, 3.8) is 0 Å². The standard InChI is InChI=1S/C17H15N5OS/c1-11(12-3-2-4-14(23)9-12)18-15-5-6-16-19-20-17(22(16)21-15)13-7-8-24-10-13/h2-11,23H,1H3,(H,18,21). The van der Waals surface area contributed by atoms with Gasteiger partial charge in [0, 0.05) is 10.9 Å². The van der Waals surface area contributed by atoms with Crippen molar-refractivity contribution in [1.82, 2.24) is 19.8 Å². The predicted octanol–water partition coefficient (Wildman–Crippen LogP) is 3.73. The van der Waals surface area contributed by atoms with E-state index in [1.165, 1.54) is 0 Å². The molecular weight excluding hydrogens is 322 g/mol. The van der Waals surface area contributed by atoms with Gasteiger partial charge in [-0.15, -0.1) is 15.3 Å². The number of rotatable bonds is 4. The third-order valence-corrected chi connectivity index (χ3v) is 4.46. The van der Waals surface area contributed by atoms with Crippen molar-refractivity contribution in [3.05, 3.63) is 58.8 Å². The molecule has 1 aromatic carbocycles. The van der Waals surface area contributed by atoms with Crippen molar-refractivity contribution in [2.24, 2.45) is 0 Å². The summed E-state index contributed by atoms with van der Waals surface area (Å²) in [7, 11) is 0. The zero-order chi connectivity index (χ0) is 16.5. The number of benzene rings is 1. The van der Waals surface area contributed by atoms with Crippen LogP contribution in [0.3, 0.4) is 0 Å². The summed E-state index contributed by atoms with van der Waals surface area (Å²) < 4.78 is 1.74. The number of hydrogen-bond acceptors (Lipinski definition) is 6.